The van der Waals surface area contributed by atoms with Gasteiger partial charge in [0, 0.05) is 31.6 Å². The molecular weight excluding hydrogens is 580 g/mol. The van der Waals surface area contributed by atoms with Gasteiger partial charge in [-0.1, -0.05) is 16.4 Å². The molecule has 0 radical (unpaired) electrons. The number of oxime groups is 1. The molecule has 2 fully saturated rings. The molecule has 3 heterocycles. The number of halogens is 2. The maximum absolute atomic E-state index is 14.7. The zero-order valence-electron chi connectivity index (χ0n) is 25.6. The van der Waals surface area contributed by atoms with Gasteiger partial charge in [-0.3, -0.25) is 0 Å². The number of aliphatic hydroxyl groups excluding tert-OH is 2. The Kier molecular flexibility index (Phi) is 9.26. The number of rotatable bonds is 7. The summed E-state index contributed by atoms with van der Waals surface area (Å²) < 4.78 is 47.5. The molecule has 2 aliphatic heterocycles. The molecule has 2 aromatic rings. The van der Waals surface area contributed by atoms with Gasteiger partial charge in [-0.25, -0.2) is 18.3 Å². The van der Waals surface area contributed by atoms with Crippen LogP contribution in [0.3, 0.4) is 0 Å². The van der Waals surface area contributed by atoms with Gasteiger partial charge in [0.25, 0.3) is 0 Å². The number of hydrogen-bond donors (Lipinski definition) is 3. The summed E-state index contributed by atoms with van der Waals surface area (Å²) in [6, 6.07) is 1.99. The van der Waals surface area contributed by atoms with Gasteiger partial charge in [0.15, 0.2) is 11.6 Å². The number of alkyl carbamates (subject to hydrolysis) is 1. The van der Waals surface area contributed by atoms with Crippen LogP contribution in [0.1, 0.15) is 70.9 Å². The number of aliphatic hydroxyl groups is 2. The molecule has 1 saturated carbocycles. The average Bonchev–Trinajstić information content (AvgIpc) is 3.60. The molecule has 1 aromatic carbocycles. The molecule has 1 amide bonds. The minimum absolute atomic E-state index is 0.0207. The first kappa shape index (κ1) is 32.2. The van der Waals surface area contributed by atoms with E-state index >= 15 is 0 Å². The third kappa shape index (κ3) is 6.72. The van der Waals surface area contributed by atoms with Crippen LogP contribution >= 0.6 is 0 Å². The van der Waals surface area contributed by atoms with Crippen molar-refractivity contribution in [3.05, 3.63) is 35.5 Å². The second-order valence-electron chi connectivity index (χ2n) is 13.0. The number of aryl methyl sites for hydroxylation is 1. The van der Waals surface area contributed by atoms with Crippen molar-refractivity contribution in [1.29, 1.82) is 0 Å². The number of amides is 1. The van der Waals surface area contributed by atoms with E-state index in [1.807, 2.05) is 20.8 Å². The number of nitrogens with zero attached hydrogens (tertiary/aromatic N) is 4. The number of hydrogen-bond acceptors (Lipinski definition) is 10. The largest absolute Gasteiger partial charge is 0.444 e. The highest BCUT2D eigenvalue weighted by atomic mass is 19.2. The molecule has 3 aliphatic rings. The van der Waals surface area contributed by atoms with E-state index in [0.717, 1.165) is 5.71 Å². The first-order chi connectivity index (χ1) is 20.8. The minimum Gasteiger partial charge on any atom is -0.444 e. The first-order valence-electron chi connectivity index (χ1n) is 14.9. The fraction of sp³-hybridized carbons (Fsp3) is 0.667. The lowest BCUT2D eigenvalue weighted by atomic mass is 9.78. The Hall–Kier alpha value is -3.20. The smallest absolute Gasteiger partial charge is 0.407 e. The Morgan fingerprint density at radius 1 is 1.20 bits per heavy atom. The van der Waals surface area contributed by atoms with E-state index in [1.54, 1.807) is 0 Å². The molecule has 44 heavy (non-hydrogen) atoms. The fourth-order valence-electron chi connectivity index (χ4n) is 6.29. The highest BCUT2D eigenvalue weighted by Crippen LogP contribution is 2.41. The molecule has 14 heteroatoms. The number of carbonyl (C=O) groups is 1. The van der Waals surface area contributed by atoms with Crippen molar-refractivity contribution in [1.82, 2.24) is 20.3 Å². The van der Waals surface area contributed by atoms with Gasteiger partial charge in [0.05, 0.1) is 24.6 Å². The second-order valence-corrected chi connectivity index (χ2v) is 13.0. The monoisotopic (exact) mass is 621 g/mol. The van der Waals surface area contributed by atoms with Crippen molar-refractivity contribution in [3.8, 4) is 11.3 Å². The number of ether oxygens (including phenoxy) is 3. The van der Waals surface area contributed by atoms with Crippen LogP contribution < -0.4 is 5.32 Å². The van der Waals surface area contributed by atoms with Crippen LogP contribution in [0.15, 0.2) is 23.5 Å². The zero-order valence-corrected chi connectivity index (χ0v) is 25.6. The van der Waals surface area contributed by atoms with Crippen LogP contribution in [0.4, 0.5) is 13.6 Å². The summed E-state index contributed by atoms with van der Waals surface area (Å²) in [6.45, 7) is 6.46. The second kappa shape index (κ2) is 12.7. The average molecular weight is 622 g/mol. The lowest BCUT2D eigenvalue weighted by Gasteiger charge is -2.43. The lowest BCUT2D eigenvalue weighted by Crippen LogP contribution is -2.57. The highest BCUT2D eigenvalue weighted by molar-refractivity contribution is 5.86. The topological polar surface area (TPSA) is 150 Å². The van der Waals surface area contributed by atoms with E-state index < -0.39 is 66.0 Å². The fourth-order valence-corrected chi connectivity index (χ4v) is 6.29. The summed E-state index contributed by atoms with van der Waals surface area (Å²) in [5.41, 5.74) is -0.126. The molecule has 0 bridgehead atoms. The van der Waals surface area contributed by atoms with Crippen LogP contribution in [0, 0.1) is 18.6 Å². The minimum atomic E-state index is -1.24. The van der Waals surface area contributed by atoms with Gasteiger partial charge in [0.2, 0.25) is 0 Å². The summed E-state index contributed by atoms with van der Waals surface area (Å²) in [4.78, 5) is 18.2. The summed E-state index contributed by atoms with van der Waals surface area (Å²) in [6.07, 6.45) is 1.05. The number of methoxy groups -OCH3 is 1. The number of nitrogens with one attached hydrogen (secondary N) is 1. The molecule has 1 aliphatic carbocycles. The van der Waals surface area contributed by atoms with Crippen molar-refractivity contribution in [3.63, 3.8) is 0 Å². The van der Waals surface area contributed by atoms with Gasteiger partial charge in [0.1, 0.15) is 41.2 Å². The summed E-state index contributed by atoms with van der Waals surface area (Å²) >= 11 is 0. The van der Waals surface area contributed by atoms with E-state index in [1.165, 1.54) is 37.0 Å². The Balaban J connectivity index is 1.26. The van der Waals surface area contributed by atoms with Gasteiger partial charge in [-0.2, -0.15) is 0 Å². The van der Waals surface area contributed by atoms with E-state index in [-0.39, 0.29) is 22.9 Å². The number of benzene rings is 1. The van der Waals surface area contributed by atoms with Crippen LogP contribution in [-0.2, 0) is 19.0 Å². The Bertz CT molecular complexity index is 1370. The first-order valence-corrected chi connectivity index (χ1v) is 14.9. The Morgan fingerprint density at radius 3 is 2.59 bits per heavy atom. The van der Waals surface area contributed by atoms with Crippen LogP contribution in [-0.4, -0.2) is 92.4 Å². The molecule has 242 valence electrons. The molecule has 0 unspecified atom stereocenters. The van der Waals surface area contributed by atoms with E-state index in [2.05, 4.69) is 20.8 Å². The van der Waals surface area contributed by atoms with Crippen molar-refractivity contribution in [2.75, 3.05) is 13.7 Å². The molecule has 5 rings (SSSR count). The highest BCUT2D eigenvalue weighted by Gasteiger charge is 2.49. The van der Waals surface area contributed by atoms with Crippen LogP contribution in [0.5, 0.6) is 0 Å². The summed E-state index contributed by atoms with van der Waals surface area (Å²) in [5.74, 6) is -2.01. The van der Waals surface area contributed by atoms with Crippen molar-refractivity contribution < 1.29 is 42.8 Å². The van der Waals surface area contributed by atoms with E-state index in [4.69, 9.17) is 19.0 Å². The lowest BCUT2D eigenvalue weighted by molar-refractivity contribution is -0.210. The number of aromatic nitrogens is 3. The molecule has 1 saturated heterocycles. The Labute approximate surface area is 254 Å². The van der Waals surface area contributed by atoms with Gasteiger partial charge in [-0.05, 0) is 65.0 Å². The zero-order chi connectivity index (χ0) is 31.8. The predicted molar refractivity (Wildman–Crippen MR) is 154 cm³/mol. The quantitative estimate of drug-likeness (QED) is 0.422. The third-order valence-corrected chi connectivity index (χ3v) is 8.55. The predicted octanol–water partition coefficient (Wildman–Crippen LogP) is 3.58. The third-order valence-electron chi connectivity index (χ3n) is 8.55. The molecule has 1 aromatic heterocycles. The van der Waals surface area contributed by atoms with E-state index in [9.17, 15) is 23.8 Å². The summed E-state index contributed by atoms with van der Waals surface area (Å²) in [7, 11) is 1.47. The molecule has 12 nitrogen and oxygen atoms in total. The summed E-state index contributed by atoms with van der Waals surface area (Å²) in [5, 5.41) is 36.6. The van der Waals surface area contributed by atoms with Crippen molar-refractivity contribution >= 4 is 11.8 Å². The molecule has 1 spiro atoms. The van der Waals surface area contributed by atoms with E-state index in [0.29, 0.717) is 38.5 Å². The van der Waals surface area contributed by atoms with Gasteiger partial charge < -0.3 is 34.6 Å². The molecule has 3 N–H and O–H groups in total. The SMILES string of the molecule is CO[C@@H]1[C@@H](n2cc(-c3ccc(C)c(F)c3F)nn2)[C@@H](O)[C@@H](CO)O[C@@H]1CC1=NOC2(CCC(NC(=O)OC(C)(C)C)CC2)C1. The molecular formula is C30H41F2N5O7. The van der Waals surface area contributed by atoms with Crippen LogP contribution in [0.2, 0.25) is 0 Å². The van der Waals surface area contributed by atoms with Crippen LogP contribution in [0.25, 0.3) is 11.3 Å². The van der Waals surface area contributed by atoms with Crippen molar-refractivity contribution in [2.45, 2.75) is 114 Å². The standard InChI is InChI=1S/C30H41F2N5O7/c1-16-6-7-19(24(32)23(16)31)20-14-37(36-34-20)25-26(39)22(15-38)42-21(27(25)41-5)12-18-13-30(44-35-18)10-8-17(9-11-30)33-28(40)43-29(2,3)4/h6-7,14,17,21-22,25-27,38-39H,8-13,15H2,1-5H3,(H,33,40)/t17?,21-,22-,25+,26+,27+,30?/m1/s1. The van der Waals surface area contributed by atoms with Gasteiger partial charge in [-0.15, -0.1) is 5.10 Å². The number of carbonyl (C=O) groups excluding carboxylic acids is 1. The maximum atomic E-state index is 14.7. The van der Waals surface area contributed by atoms with Crippen molar-refractivity contribution in [2.24, 2.45) is 5.16 Å². The van der Waals surface area contributed by atoms with Gasteiger partial charge >= 0.3 is 6.09 Å². The molecule has 5 atom stereocenters. The normalized spacial score (nSPS) is 30.6. The maximum Gasteiger partial charge on any atom is 0.407 e. The Morgan fingerprint density at radius 2 is 1.93 bits per heavy atom.